The molecule has 0 saturated heterocycles. The third kappa shape index (κ3) is 1.89. The number of aromatic hydroxyl groups is 1. The molecule has 0 radical (unpaired) electrons. The maximum absolute atomic E-state index is 11.6. The topological polar surface area (TPSA) is 66.0 Å². The van der Waals surface area contributed by atoms with E-state index in [9.17, 15) is 9.90 Å². The van der Waals surface area contributed by atoms with Gasteiger partial charge in [0, 0.05) is 5.92 Å². The summed E-state index contributed by atoms with van der Waals surface area (Å²) in [5.74, 6) is 0.893. The van der Waals surface area contributed by atoms with Crippen molar-refractivity contribution in [1.82, 2.24) is 9.97 Å². The molecular weight excluding hydrogens is 192 g/mol. The lowest BCUT2D eigenvalue weighted by Crippen LogP contribution is -2.17. The first kappa shape index (κ1) is 10.2. The molecule has 15 heavy (non-hydrogen) atoms. The minimum Gasteiger partial charge on any atom is -0.493 e. The zero-order valence-corrected chi connectivity index (χ0v) is 8.92. The van der Waals surface area contributed by atoms with Crippen LogP contribution in [0.1, 0.15) is 49.9 Å². The van der Waals surface area contributed by atoms with Crippen LogP contribution in [0.4, 0.5) is 0 Å². The molecule has 0 spiro atoms. The van der Waals surface area contributed by atoms with Crippen LogP contribution in [0.3, 0.4) is 0 Å². The fourth-order valence-electron chi connectivity index (χ4n) is 2.21. The molecule has 1 saturated carbocycles. The standard InChI is InChI=1S/C11H16N2O2/c1-2-8-10(14)12-9(13-11(8)15)7-5-3-4-6-7/h7H,2-6H2,1H3,(H2,12,13,14,15). The summed E-state index contributed by atoms with van der Waals surface area (Å²) in [5, 5.41) is 9.60. The Labute approximate surface area is 88.4 Å². The first-order valence-corrected chi connectivity index (χ1v) is 5.54. The van der Waals surface area contributed by atoms with Crippen LogP contribution >= 0.6 is 0 Å². The second kappa shape index (κ2) is 4.04. The molecule has 0 atom stereocenters. The molecule has 82 valence electrons. The molecule has 0 amide bonds. The van der Waals surface area contributed by atoms with Gasteiger partial charge in [0.15, 0.2) is 0 Å². The van der Waals surface area contributed by atoms with Gasteiger partial charge in [-0.15, -0.1) is 0 Å². The van der Waals surface area contributed by atoms with Crippen LogP contribution in [0.15, 0.2) is 4.79 Å². The number of hydrogen-bond acceptors (Lipinski definition) is 3. The van der Waals surface area contributed by atoms with Crippen molar-refractivity contribution in [1.29, 1.82) is 0 Å². The number of aromatic nitrogens is 2. The van der Waals surface area contributed by atoms with E-state index in [0.29, 0.717) is 23.7 Å². The highest BCUT2D eigenvalue weighted by Crippen LogP contribution is 2.32. The van der Waals surface area contributed by atoms with Gasteiger partial charge in [-0.1, -0.05) is 19.8 Å². The molecule has 0 aliphatic heterocycles. The summed E-state index contributed by atoms with van der Waals surface area (Å²) in [4.78, 5) is 18.5. The van der Waals surface area contributed by atoms with Crippen molar-refractivity contribution < 1.29 is 5.11 Å². The average Bonchev–Trinajstić information content (AvgIpc) is 2.69. The van der Waals surface area contributed by atoms with Crippen LogP contribution in [-0.2, 0) is 6.42 Å². The predicted octanol–water partition coefficient (Wildman–Crippen LogP) is 1.70. The Morgan fingerprint density at radius 1 is 1.47 bits per heavy atom. The highest BCUT2D eigenvalue weighted by molar-refractivity contribution is 5.23. The van der Waals surface area contributed by atoms with Crippen LogP contribution in [-0.4, -0.2) is 15.1 Å². The van der Waals surface area contributed by atoms with Crippen molar-refractivity contribution >= 4 is 0 Å². The number of aromatic amines is 1. The Bertz CT molecular complexity index is 406. The molecule has 1 fully saturated rings. The Morgan fingerprint density at radius 2 is 2.13 bits per heavy atom. The Balaban J connectivity index is 2.38. The van der Waals surface area contributed by atoms with Gasteiger partial charge in [0.25, 0.3) is 5.56 Å². The van der Waals surface area contributed by atoms with Gasteiger partial charge < -0.3 is 10.1 Å². The first-order valence-electron chi connectivity index (χ1n) is 5.54. The maximum Gasteiger partial charge on any atom is 0.257 e. The lowest BCUT2D eigenvalue weighted by Gasteiger charge is -2.09. The zero-order valence-electron chi connectivity index (χ0n) is 8.92. The van der Waals surface area contributed by atoms with Crippen LogP contribution < -0.4 is 5.56 Å². The van der Waals surface area contributed by atoms with Crippen molar-refractivity contribution in [2.24, 2.45) is 0 Å². The summed E-state index contributed by atoms with van der Waals surface area (Å²) in [7, 11) is 0. The molecule has 4 nitrogen and oxygen atoms in total. The molecule has 1 heterocycles. The minimum atomic E-state index is -0.188. The van der Waals surface area contributed by atoms with Gasteiger partial charge in [-0.25, -0.2) is 0 Å². The SMILES string of the molecule is CCc1c(O)nc(C2CCCC2)[nH]c1=O. The van der Waals surface area contributed by atoms with E-state index in [1.165, 1.54) is 12.8 Å². The summed E-state index contributed by atoms with van der Waals surface area (Å²) in [5.41, 5.74) is 0.198. The monoisotopic (exact) mass is 208 g/mol. The van der Waals surface area contributed by atoms with Crippen molar-refractivity contribution in [3.8, 4) is 5.88 Å². The third-order valence-corrected chi connectivity index (χ3v) is 3.11. The van der Waals surface area contributed by atoms with Crippen LogP contribution in [0.5, 0.6) is 5.88 Å². The largest absolute Gasteiger partial charge is 0.493 e. The molecule has 0 aromatic carbocycles. The number of H-pyrrole nitrogens is 1. The zero-order chi connectivity index (χ0) is 10.8. The lowest BCUT2D eigenvalue weighted by atomic mass is 10.1. The summed E-state index contributed by atoms with van der Waals surface area (Å²) in [6.07, 6.45) is 5.01. The Kier molecular flexibility index (Phi) is 2.75. The molecule has 1 aromatic heterocycles. The highest BCUT2D eigenvalue weighted by atomic mass is 16.3. The van der Waals surface area contributed by atoms with Gasteiger partial charge in [-0.2, -0.15) is 4.98 Å². The molecule has 2 rings (SSSR count). The highest BCUT2D eigenvalue weighted by Gasteiger charge is 2.21. The van der Waals surface area contributed by atoms with E-state index in [0.717, 1.165) is 12.8 Å². The van der Waals surface area contributed by atoms with E-state index >= 15 is 0 Å². The van der Waals surface area contributed by atoms with E-state index in [1.807, 2.05) is 6.92 Å². The van der Waals surface area contributed by atoms with Gasteiger partial charge in [-0.05, 0) is 19.3 Å². The van der Waals surface area contributed by atoms with Crippen molar-refractivity contribution in [2.45, 2.75) is 44.9 Å². The van der Waals surface area contributed by atoms with Crippen LogP contribution in [0.25, 0.3) is 0 Å². The van der Waals surface area contributed by atoms with E-state index < -0.39 is 0 Å². The average molecular weight is 208 g/mol. The van der Waals surface area contributed by atoms with Gasteiger partial charge in [-0.3, -0.25) is 4.79 Å². The smallest absolute Gasteiger partial charge is 0.257 e. The molecule has 1 aromatic rings. The van der Waals surface area contributed by atoms with Crippen molar-refractivity contribution in [3.63, 3.8) is 0 Å². The first-order chi connectivity index (χ1) is 7.22. The molecule has 4 heteroatoms. The number of nitrogens with one attached hydrogen (secondary N) is 1. The second-order valence-electron chi connectivity index (χ2n) is 4.09. The molecule has 0 bridgehead atoms. The summed E-state index contributed by atoms with van der Waals surface area (Å²) in [6, 6.07) is 0. The van der Waals surface area contributed by atoms with Gasteiger partial charge >= 0.3 is 0 Å². The molecule has 0 unspecified atom stereocenters. The van der Waals surface area contributed by atoms with Crippen LogP contribution in [0.2, 0.25) is 0 Å². The van der Waals surface area contributed by atoms with Gasteiger partial charge in [0.05, 0.1) is 5.56 Å². The molecule has 1 aliphatic rings. The number of hydrogen-bond donors (Lipinski definition) is 2. The fourth-order valence-corrected chi connectivity index (χ4v) is 2.21. The van der Waals surface area contributed by atoms with Crippen LogP contribution in [0, 0.1) is 0 Å². The predicted molar refractivity (Wildman–Crippen MR) is 57.1 cm³/mol. The Hall–Kier alpha value is -1.32. The van der Waals surface area contributed by atoms with E-state index in [-0.39, 0.29) is 11.4 Å². The van der Waals surface area contributed by atoms with Crippen molar-refractivity contribution in [2.75, 3.05) is 0 Å². The van der Waals surface area contributed by atoms with E-state index in [4.69, 9.17) is 0 Å². The van der Waals surface area contributed by atoms with E-state index in [1.54, 1.807) is 0 Å². The summed E-state index contributed by atoms with van der Waals surface area (Å²) in [6.45, 7) is 1.83. The summed E-state index contributed by atoms with van der Waals surface area (Å²) < 4.78 is 0. The second-order valence-corrected chi connectivity index (χ2v) is 4.09. The number of rotatable bonds is 2. The minimum absolute atomic E-state index is 0.0943. The van der Waals surface area contributed by atoms with Gasteiger partial charge in [0.1, 0.15) is 5.82 Å². The lowest BCUT2D eigenvalue weighted by molar-refractivity contribution is 0.436. The Morgan fingerprint density at radius 3 is 2.67 bits per heavy atom. The molecule has 1 aliphatic carbocycles. The third-order valence-electron chi connectivity index (χ3n) is 3.11. The van der Waals surface area contributed by atoms with Gasteiger partial charge in [0.2, 0.25) is 5.88 Å². The number of nitrogens with zero attached hydrogens (tertiary/aromatic N) is 1. The fraction of sp³-hybridized carbons (Fsp3) is 0.636. The molecular formula is C11H16N2O2. The van der Waals surface area contributed by atoms with Crippen molar-refractivity contribution in [3.05, 3.63) is 21.7 Å². The van der Waals surface area contributed by atoms with E-state index in [2.05, 4.69) is 9.97 Å². The quantitative estimate of drug-likeness (QED) is 0.777. The molecule has 2 N–H and O–H groups in total. The maximum atomic E-state index is 11.6. The summed E-state index contributed by atoms with van der Waals surface area (Å²) >= 11 is 0. The normalized spacial score (nSPS) is 17.1.